The molecule has 2 nitrogen and oxygen atoms in total. The molecule has 78 valence electrons. The number of rotatable bonds is 8. The van der Waals surface area contributed by atoms with Crippen LogP contribution in [0.15, 0.2) is 12.7 Å². The van der Waals surface area contributed by atoms with Crippen molar-refractivity contribution in [3.05, 3.63) is 12.7 Å². The lowest BCUT2D eigenvalue weighted by Gasteiger charge is -2.21. The van der Waals surface area contributed by atoms with Gasteiger partial charge in [0.2, 0.25) is 0 Å². The highest BCUT2D eigenvalue weighted by Crippen LogP contribution is 2.15. The van der Waals surface area contributed by atoms with E-state index in [4.69, 9.17) is 9.47 Å². The summed E-state index contributed by atoms with van der Waals surface area (Å²) in [6.07, 6.45) is 5.70. The fourth-order valence-electron chi connectivity index (χ4n) is 1.21. The van der Waals surface area contributed by atoms with E-state index in [0.29, 0.717) is 12.7 Å². The van der Waals surface area contributed by atoms with Gasteiger partial charge in [0, 0.05) is 13.0 Å². The molecule has 0 aliphatic rings. The first kappa shape index (κ1) is 12.7. The van der Waals surface area contributed by atoms with Gasteiger partial charge in [-0.05, 0) is 6.42 Å². The summed E-state index contributed by atoms with van der Waals surface area (Å²) in [5, 5.41) is 0. The van der Waals surface area contributed by atoms with Crippen molar-refractivity contribution in [2.75, 3.05) is 13.9 Å². The molecule has 0 amide bonds. The molecule has 0 heterocycles. The molecule has 0 saturated heterocycles. The van der Waals surface area contributed by atoms with Gasteiger partial charge in [-0.3, -0.25) is 0 Å². The smallest absolute Gasteiger partial charge is 0.146 e. The molecule has 13 heavy (non-hydrogen) atoms. The summed E-state index contributed by atoms with van der Waals surface area (Å²) >= 11 is 0. The van der Waals surface area contributed by atoms with Crippen LogP contribution < -0.4 is 0 Å². The summed E-state index contributed by atoms with van der Waals surface area (Å²) in [4.78, 5) is 0. The lowest BCUT2D eigenvalue weighted by molar-refractivity contribution is -0.0858. The predicted octanol–water partition coefficient (Wildman–Crippen LogP) is 2.99. The van der Waals surface area contributed by atoms with Crippen molar-refractivity contribution >= 4 is 0 Å². The molecule has 2 atom stereocenters. The number of hydrogen-bond donors (Lipinski definition) is 0. The Balaban J connectivity index is 3.79. The molecule has 0 aliphatic carbocycles. The van der Waals surface area contributed by atoms with Crippen LogP contribution in [-0.2, 0) is 9.47 Å². The van der Waals surface area contributed by atoms with Crippen LogP contribution in [0.2, 0.25) is 0 Å². The van der Waals surface area contributed by atoms with Crippen molar-refractivity contribution in [3.8, 4) is 0 Å². The van der Waals surface area contributed by atoms with Gasteiger partial charge in [-0.2, -0.15) is 0 Å². The monoisotopic (exact) mass is 186 g/mol. The Morgan fingerprint density at radius 1 is 1.46 bits per heavy atom. The lowest BCUT2D eigenvalue weighted by atomic mass is 10.00. The van der Waals surface area contributed by atoms with Gasteiger partial charge in [0.05, 0.1) is 6.10 Å². The summed E-state index contributed by atoms with van der Waals surface area (Å²) < 4.78 is 10.4. The van der Waals surface area contributed by atoms with Gasteiger partial charge >= 0.3 is 0 Å². The summed E-state index contributed by atoms with van der Waals surface area (Å²) in [6, 6.07) is 0. The topological polar surface area (TPSA) is 18.5 Å². The van der Waals surface area contributed by atoms with Crippen LogP contribution in [0.5, 0.6) is 0 Å². The first-order chi connectivity index (χ1) is 6.26. The lowest BCUT2D eigenvalue weighted by Crippen LogP contribution is -2.21. The number of ether oxygens (including phenoxy) is 2. The molecule has 0 bridgehead atoms. The minimum Gasteiger partial charge on any atom is -0.359 e. The molecule has 0 rings (SSSR count). The average Bonchev–Trinajstić information content (AvgIpc) is 2.17. The zero-order valence-corrected chi connectivity index (χ0v) is 9.08. The molecule has 0 aromatic heterocycles. The zero-order valence-electron chi connectivity index (χ0n) is 9.08. The molecule has 0 N–H and O–H groups in total. The fraction of sp³-hybridized carbons (Fsp3) is 0.818. The van der Waals surface area contributed by atoms with E-state index in [1.54, 1.807) is 7.11 Å². The third kappa shape index (κ3) is 5.83. The van der Waals surface area contributed by atoms with Crippen molar-refractivity contribution < 1.29 is 9.47 Å². The molecule has 0 spiro atoms. The van der Waals surface area contributed by atoms with Crippen LogP contribution in [0.25, 0.3) is 0 Å². The van der Waals surface area contributed by atoms with E-state index in [-0.39, 0.29) is 6.10 Å². The van der Waals surface area contributed by atoms with Crippen LogP contribution in [0.4, 0.5) is 0 Å². The third-order valence-corrected chi connectivity index (χ3v) is 2.20. The number of methoxy groups -OCH3 is 1. The molecule has 0 aromatic rings. The van der Waals surface area contributed by atoms with Crippen LogP contribution in [0, 0.1) is 5.92 Å². The van der Waals surface area contributed by atoms with E-state index in [9.17, 15) is 0 Å². The van der Waals surface area contributed by atoms with E-state index in [1.807, 2.05) is 6.08 Å². The summed E-state index contributed by atoms with van der Waals surface area (Å²) in [5.74, 6) is 0.404. The van der Waals surface area contributed by atoms with Crippen molar-refractivity contribution in [1.82, 2.24) is 0 Å². The van der Waals surface area contributed by atoms with E-state index in [1.165, 1.54) is 12.8 Å². The first-order valence-electron chi connectivity index (χ1n) is 4.99. The van der Waals surface area contributed by atoms with Crippen LogP contribution in [-0.4, -0.2) is 20.0 Å². The number of unbranched alkanes of at least 4 members (excludes halogenated alkanes) is 1. The molecular formula is C11H22O2. The minimum atomic E-state index is 0.261. The van der Waals surface area contributed by atoms with Gasteiger partial charge in [0.1, 0.15) is 6.79 Å². The Hall–Kier alpha value is -0.340. The minimum absolute atomic E-state index is 0.261. The number of hydrogen-bond acceptors (Lipinski definition) is 2. The highest BCUT2D eigenvalue weighted by molar-refractivity contribution is 4.81. The Morgan fingerprint density at radius 3 is 2.62 bits per heavy atom. The summed E-state index contributed by atoms with van der Waals surface area (Å²) in [6.45, 7) is 8.47. The van der Waals surface area contributed by atoms with Gasteiger partial charge in [0.25, 0.3) is 0 Å². The Labute approximate surface area is 81.9 Å². The molecule has 0 aliphatic heterocycles. The summed E-state index contributed by atoms with van der Waals surface area (Å²) in [7, 11) is 1.65. The second kappa shape index (κ2) is 8.27. The van der Waals surface area contributed by atoms with Gasteiger partial charge in [-0.1, -0.05) is 32.8 Å². The highest BCUT2D eigenvalue weighted by Gasteiger charge is 2.13. The third-order valence-electron chi connectivity index (χ3n) is 2.20. The Kier molecular flexibility index (Phi) is 8.05. The van der Waals surface area contributed by atoms with Gasteiger partial charge in [-0.15, -0.1) is 6.58 Å². The van der Waals surface area contributed by atoms with Crippen molar-refractivity contribution in [3.63, 3.8) is 0 Å². The Bertz CT molecular complexity index is 115. The van der Waals surface area contributed by atoms with Crippen molar-refractivity contribution in [2.45, 2.75) is 39.2 Å². The normalized spacial score (nSPS) is 15.3. The van der Waals surface area contributed by atoms with Gasteiger partial charge in [-0.25, -0.2) is 0 Å². The van der Waals surface area contributed by atoms with E-state index < -0.39 is 0 Å². The second-order valence-electron chi connectivity index (χ2n) is 3.35. The zero-order chi connectivity index (χ0) is 10.1. The SMILES string of the molecule is C=C[C@@H](C)[C@H](CCCC)OCOC. The van der Waals surface area contributed by atoms with Gasteiger partial charge < -0.3 is 9.47 Å². The average molecular weight is 186 g/mol. The molecule has 2 heteroatoms. The van der Waals surface area contributed by atoms with E-state index in [2.05, 4.69) is 20.4 Å². The van der Waals surface area contributed by atoms with Crippen molar-refractivity contribution in [2.24, 2.45) is 5.92 Å². The quantitative estimate of drug-likeness (QED) is 0.428. The maximum Gasteiger partial charge on any atom is 0.146 e. The summed E-state index contributed by atoms with van der Waals surface area (Å²) in [5.41, 5.74) is 0. The molecule has 0 fully saturated rings. The molecule has 0 radical (unpaired) electrons. The molecule has 0 saturated carbocycles. The highest BCUT2D eigenvalue weighted by atomic mass is 16.7. The Morgan fingerprint density at radius 2 is 2.15 bits per heavy atom. The first-order valence-corrected chi connectivity index (χ1v) is 4.99. The molecule has 0 aromatic carbocycles. The molecule has 0 unspecified atom stereocenters. The fourth-order valence-corrected chi connectivity index (χ4v) is 1.21. The van der Waals surface area contributed by atoms with Gasteiger partial charge in [0.15, 0.2) is 0 Å². The van der Waals surface area contributed by atoms with E-state index >= 15 is 0 Å². The maximum atomic E-state index is 5.55. The van der Waals surface area contributed by atoms with E-state index in [0.717, 1.165) is 6.42 Å². The van der Waals surface area contributed by atoms with Crippen LogP contribution in [0.3, 0.4) is 0 Å². The van der Waals surface area contributed by atoms with Crippen molar-refractivity contribution in [1.29, 1.82) is 0 Å². The largest absolute Gasteiger partial charge is 0.359 e. The second-order valence-corrected chi connectivity index (χ2v) is 3.35. The standard InChI is InChI=1S/C11H22O2/c1-5-7-8-11(10(3)6-2)13-9-12-4/h6,10-11H,2,5,7-9H2,1,3-4H3/t10-,11+/m1/s1. The molecular weight excluding hydrogens is 164 g/mol. The maximum absolute atomic E-state index is 5.55. The predicted molar refractivity (Wildman–Crippen MR) is 55.6 cm³/mol. The van der Waals surface area contributed by atoms with Crippen LogP contribution >= 0.6 is 0 Å². The van der Waals surface area contributed by atoms with Crippen LogP contribution in [0.1, 0.15) is 33.1 Å².